The number of aromatic hydroxyl groups is 1. The van der Waals surface area contributed by atoms with Crippen molar-refractivity contribution in [3.05, 3.63) is 26.4 Å². The maximum Gasteiger partial charge on any atom is 0.331 e. The Kier molecular flexibility index (Phi) is 5.82. The topological polar surface area (TPSA) is 78.3 Å². The average Bonchev–Trinajstić information content (AvgIpc) is 2.38. The van der Waals surface area contributed by atoms with Crippen LogP contribution in [0.4, 0.5) is 0 Å². The summed E-state index contributed by atoms with van der Waals surface area (Å²) in [5, 5.41) is 9.96. The summed E-state index contributed by atoms with van der Waals surface area (Å²) in [6, 6.07) is 0. The van der Waals surface area contributed by atoms with Crippen LogP contribution in [0, 0.1) is 0 Å². The van der Waals surface area contributed by atoms with Crippen molar-refractivity contribution >= 4 is 0 Å². The first-order valence-electron chi connectivity index (χ1n) is 6.82. The Labute approximate surface area is 112 Å². The highest BCUT2D eigenvalue weighted by atomic mass is 16.3. The first-order valence-corrected chi connectivity index (χ1v) is 6.82. The monoisotopic (exact) mass is 269 g/mol. The van der Waals surface area contributed by atoms with Gasteiger partial charge < -0.3 is 10.0 Å². The molecule has 0 aliphatic heterocycles. The van der Waals surface area contributed by atoms with Gasteiger partial charge >= 0.3 is 5.69 Å². The molecule has 19 heavy (non-hydrogen) atoms. The minimum absolute atomic E-state index is 0.198. The number of aromatic amines is 1. The van der Waals surface area contributed by atoms with Crippen LogP contribution >= 0.6 is 0 Å². The number of H-pyrrole nitrogens is 1. The van der Waals surface area contributed by atoms with Gasteiger partial charge in [-0.2, -0.15) is 0 Å². The van der Waals surface area contributed by atoms with E-state index in [0.717, 1.165) is 26.1 Å². The molecule has 1 aromatic heterocycles. The van der Waals surface area contributed by atoms with E-state index < -0.39 is 11.2 Å². The number of aromatic nitrogens is 2. The van der Waals surface area contributed by atoms with E-state index in [1.54, 1.807) is 6.92 Å². The number of nitrogens with one attached hydrogen (secondary N) is 1. The molecule has 6 heteroatoms. The summed E-state index contributed by atoms with van der Waals surface area (Å²) in [7, 11) is 0. The molecule has 0 spiro atoms. The van der Waals surface area contributed by atoms with Gasteiger partial charge in [-0.05, 0) is 32.5 Å². The fourth-order valence-electron chi connectivity index (χ4n) is 2.12. The molecule has 0 bridgehead atoms. The van der Waals surface area contributed by atoms with Gasteiger partial charge in [-0.3, -0.25) is 14.3 Å². The first kappa shape index (κ1) is 15.5. The molecule has 2 N–H and O–H groups in total. The van der Waals surface area contributed by atoms with Gasteiger partial charge in [0.05, 0.1) is 5.56 Å². The highest BCUT2D eigenvalue weighted by molar-refractivity contribution is 5.22. The van der Waals surface area contributed by atoms with Crippen molar-refractivity contribution < 1.29 is 5.11 Å². The second-order valence-electron chi connectivity index (χ2n) is 4.45. The SMILES string of the molecule is CCc1c(O)n(CCCN(CC)CC)c(=O)[nH]c1=O. The molecule has 1 rings (SSSR count). The van der Waals surface area contributed by atoms with Crippen molar-refractivity contribution in [1.29, 1.82) is 0 Å². The minimum Gasteiger partial charge on any atom is -0.494 e. The Morgan fingerprint density at radius 3 is 2.37 bits per heavy atom. The van der Waals surface area contributed by atoms with Gasteiger partial charge in [0.2, 0.25) is 5.88 Å². The first-order chi connectivity index (χ1) is 9.04. The highest BCUT2D eigenvalue weighted by Crippen LogP contribution is 2.10. The van der Waals surface area contributed by atoms with Crippen LogP contribution in [0.1, 0.15) is 32.8 Å². The molecule has 0 saturated heterocycles. The van der Waals surface area contributed by atoms with E-state index >= 15 is 0 Å². The zero-order valence-electron chi connectivity index (χ0n) is 11.9. The van der Waals surface area contributed by atoms with Crippen LogP contribution in [0.15, 0.2) is 9.59 Å². The maximum atomic E-state index is 11.7. The quantitative estimate of drug-likeness (QED) is 0.757. The van der Waals surface area contributed by atoms with E-state index in [9.17, 15) is 14.7 Å². The molecule has 108 valence electrons. The zero-order valence-corrected chi connectivity index (χ0v) is 11.9. The van der Waals surface area contributed by atoms with Gasteiger partial charge in [-0.25, -0.2) is 4.79 Å². The van der Waals surface area contributed by atoms with Crippen molar-refractivity contribution in [1.82, 2.24) is 14.5 Å². The van der Waals surface area contributed by atoms with Crippen LogP contribution in [-0.4, -0.2) is 39.2 Å². The van der Waals surface area contributed by atoms with Gasteiger partial charge in [0.25, 0.3) is 5.56 Å². The number of nitrogens with zero attached hydrogens (tertiary/aromatic N) is 2. The molecule has 0 aliphatic rings. The molecule has 0 fully saturated rings. The lowest BCUT2D eigenvalue weighted by atomic mass is 10.2. The lowest BCUT2D eigenvalue weighted by Gasteiger charge is -2.18. The van der Waals surface area contributed by atoms with Gasteiger partial charge in [0.1, 0.15) is 0 Å². The largest absolute Gasteiger partial charge is 0.494 e. The molecule has 1 heterocycles. The van der Waals surface area contributed by atoms with Crippen LogP contribution in [0.3, 0.4) is 0 Å². The third-order valence-electron chi connectivity index (χ3n) is 3.37. The summed E-state index contributed by atoms with van der Waals surface area (Å²) in [6.07, 6.45) is 1.15. The van der Waals surface area contributed by atoms with Gasteiger partial charge in [-0.1, -0.05) is 20.8 Å². The zero-order chi connectivity index (χ0) is 14.4. The average molecular weight is 269 g/mol. The predicted molar refractivity (Wildman–Crippen MR) is 74.8 cm³/mol. The van der Waals surface area contributed by atoms with E-state index in [-0.39, 0.29) is 11.4 Å². The van der Waals surface area contributed by atoms with Crippen molar-refractivity contribution in [3.8, 4) is 5.88 Å². The normalized spacial score (nSPS) is 11.2. The van der Waals surface area contributed by atoms with E-state index in [2.05, 4.69) is 23.7 Å². The van der Waals surface area contributed by atoms with Crippen LogP contribution in [0.5, 0.6) is 5.88 Å². The van der Waals surface area contributed by atoms with Crippen LogP contribution in [0.25, 0.3) is 0 Å². The molecule has 0 unspecified atom stereocenters. The Morgan fingerprint density at radius 1 is 1.21 bits per heavy atom. The molecule has 0 aromatic carbocycles. The molecule has 0 atom stereocenters. The summed E-state index contributed by atoms with van der Waals surface area (Å²) in [6.45, 7) is 9.14. The van der Waals surface area contributed by atoms with Crippen molar-refractivity contribution in [2.45, 2.75) is 40.2 Å². The second-order valence-corrected chi connectivity index (χ2v) is 4.45. The van der Waals surface area contributed by atoms with Crippen molar-refractivity contribution in [2.24, 2.45) is 0 Å². The summed E-state index contributed by atoms with van der Waals surface area (Å²) in [5.74, 6) is -0.198. The fourth-order valence-corrected chi connectivity index (χ4v) is 2.12. The second kappa shape index (κ2) is 7.13. The Morgan fingerprint density at radius 2 is 1.84 bits per heavy atom. The molecule has 6 nitrogen and oxygen atoms in total. The molecule has 0 radical (unpaired) electrons. The number of rotatable bonds is 7. The lowest BCUT2D eigenvalue weighted by molar-refractivity contribution is 0.287. The highest BCUT2D eigenvalue weighted by Gasteiger charge is 2.12. The third kappa shape index (κ3) is 3.70. The lowest BCUT2D eigenvalue weighted by Crippen LogP contribution is -2.33. The van der Waals surface area contributed by atoms with Crippen LogP contribution in [0.2, 0.25) is 0 Å². The van der Waals surface area contributed by atoms with E-state index in [1.165, 1.54) is 4.57 Å². The molecule has 0 aliphatic carbocycles. The maximum absolute atomic E-state index is 11.7. The standard InChI is InChI=1S/C13H23N3O3/c1-4-10-11(17)14-13(19)16(12(10)18)9-7-8-15(5-2)6-3/h18H,4-9H2,1-3H3,(H,14,17,19). The fraction of sp³-hybridized carbons (Fsp3) is 0.692. The van der Waals surface area contributed by atoms with E-state index in [4.69, 9.17) is 0 Å². The Hall–Kier alpha value is -1.56. The minimum atomic E-state index is -0.542. The molecular formula is C13H23N3O3. The Balaban J connectivity index is 2.84. The van der Waals surface area contributed by atoms with E-state index in [1.807, 2.05) is 0 Å². The predicted octanol–water partition coefficient (Wildman–Crippen LogP) is 0.536. The molecule has 1 aromatic rings. The molecular weight excluding hydrogens is 246 g/mol. The summed E-state index contributed by atoms with van der Waals surface area (Å²) in [4.78, 5) is 27.6. The van der Waals surface area contributed by atoms with Gasteiger partial charge in [0.15, 0.2) is 0 Å². The van der Waals surface area contributed by atoms with Crippen molar-refractivity contribution in [3.63, 3.8) is 0 Å². The number of hydrogen-bond donors (Lipinski definition) is 2. The van der Waals surface area contributed by atoms with Crippen LogP contribution in [-0.2, 0) is 13.0 Å². The van der Waals surface area contributed by atoms with Gasteiger partial charge in [0, 0.05) is 6.54 Å². The van der Waals surface area contributed by atoms with Crippen LogP contribution < -0.4 is 11.2 Å². The Bertz CT molecular complexity index is 515. The smallest absolute Gasteiger partial charge is 0.331 e. The molecule has 0 amide bonds. The summed E-state index contributed by atoms with van der Waals surface area (Å²) >= 11 is 0. The third-order valence-corrected chi connectivity index (χ3v) is 3.37. The number of hydrogen-bond acceptors (Lipinski definition) is 4. The van der Waals surface area contributed by atoms with Gasteiger partial charge in [-0.15, -0.1) is 0 Å². The summed E-state index contributed by atoms with van der Waals surface area (Å²) in [5.41, 5.74) is -0.772. The van der Waals surface area contributed by atoms with Crippen molar-refractivity contribution in [2.75, 3.05) is 19.6 Å². The molecule has 0 saturated carbocycles. The van der Waals surface area contributed by atoms with E-state index in [0.29, 0.717) is 13.0 Å². The summed E-state index contributed by atoms with van der Waals surface area (Å²) < 4.78 is 1.24.